The van der Waals surface area contributed by atoms with Crippen LogP contribution in [0.2, 0.25) is 0 Å². The van der Waals surface area contributed by atoms with Crippen molar-refractivity contribution >= 4 is 0 Å². The first kappa shape index (κ1) is 16.3. The quantitative estimate of drug-likeness (QED) is 0.821. The van der Waals surface area contributed by atoms with Crippen molar-refractivity contribution in [1.82, 2.24) is 10.2 Å². The first-order valence-electron chi connectivity index (χ1n) is 9.01. The normalized spacial score (nSPS) is 39.9. The Balaban J connectivity index is 2.02. The molecule has 1 heterocycles. The summed E-state index contributed by atoms with van der Waals surface area (Å²) in [7, 11) is 0. The molecule has 4 unspecified atom stereocenters. The standard InChI is InChI=1S/C18H36N2/c1-5-19-13-18(10-6-8-15(2)12-18)14-20-11-7-9-16(3)17(20)4/h15-17,19H,5-14H2,1-4H3. The molecule has 0 aromatic heterocycles. The topological polar surface area (TPSA) is 15.3 Å². The van der Waals surface area contributed by atoms with Crippen LogP contribution < -0.4 is 5.32 Å². The van der Waals surface area contributed by atoms with Gasteiger partial charge in [0.15, 0.2) is 0 Å². The summed E-state index contributed by atoms with van der Waals surface area (Å²) < 4.78 is 0. The molecule has 1 aliphatic carbocycles. The van der Waals surface area contributed by atoms with Crippen LogP contribution in [-0.4, -0.2) is 37.1 Å². The summed E-state index contributed by atoms with van der Waals surface area (Å²) in [6.45, 7) is 14.6. The van der Waals surface area contributed by atoms with E-state index in [0.29, 0.717) is 5.41 Å². The molecule has 0 radical (unpaired) electrons. The lowest BCUT2D eigenvalue weighted by Crippen LogP contribution is -2.52. The van der Waals surface area contributed by atoms with E-state index in [-0.39, 0.29) is 0 Å². The van der Waals surface area contributed by atoms with Gasteiger partial charge in [-0.05, 0) is 62.9 Å². The van der Waals surface area contributed by atoms with Crippen molar-refractivity contribution in [3.8, 4) is 0 Å². The number of likely N-dealkylation sites (tertiary alicyclic amines) is 1. The third-order valence-corrected chi connectivity index (χ3v) is 5.98. The summed E-state index contributed by atoms with van der Waals surface area (Å²) in [5, 5.41) is 3.67. The molecule has 0 spiro atoms. The minimum absolute atomic E-state index is 0.541. The zero-order valence-electron chi connectivity index (χ0n) is 14.3. The molecule has 2 fully saturated rings. The second-order valence-electron chi connectivity index (χ2n) is 7.81. The summed E-state index contributed by atoms with van der Waals surface area (Å²) >= 11 is 0. The highest BCUT2D eigenvalue weighted by atomic mass is 15.2. The van der Waals surface area contributed by atoms with Gasteiger partial charge >= 0.3 is 0 Å². The van der Waals surface area contributed by atoms with Crippen LogP contribution in [0.5, 0.6) is 0 Å². The summed E-state index contributed by atoms with van der Waals surface area (Å²) in [6.07, 6.45) is 8.57. The average Bonchev–Trinajstić information content (AvgIpc) is 2.42. The van der Waals surface area contributed by atoms with Gasteiger partial charge in [0.2, 0.25) is 0 Å². The van der Waals surface area contributed by atoms with Crippen LogP contribution in [-0.2, 0) is 0 Å². The molecule has 1 saturated carbocycles. The van der Waals surface area contributed by atoms with E-state index in [2.05, 4.69) is 37.9 Å². The van der Waals surface area contributed by atoms with Gasteiger partial charge in [0.1, 0.15) is 0 Å². The molecule has 20 heavy (non-hydrogen) atoms. The van der Waals surface area contributed by atoms with E-state index >= 15 is 0 Å². The molecule has 0 aromatic carbocycles. The second kappa shape index (κ2) is 7.26. The van der Waals surface area contributed by atoms with Gasteiger partial charge in [-0.3, -0.25) is 4.90 Å². The molecule has 2 nitrogen and oxygen atoms in total. The molecule has 0 amide bonds. The fourth-order valence-electron chi connectivity index (χ4n) is 4.59. The Labute approximate surface area is 126 Å². The molecular weight excluding hydrogens is 244 g/mol. The van der Waals surface area contributed by atoms with Crippen LogP contribution in [0.1, 0.15) is 66.2 Å². The van der Waals surface area contributed by atoms with E-state index in [1.807, 2.05) is 0 Å². The second-order valence-corrected chi connectivity index (χ2v) is 7.81. The summed E-state index contributed by atoms with van der Waals surface area (Å²) in [4.78, 5) is 2.81. The maximum atomic E-state index is 3.67. The van der Waals surface area contributed by atoms with Gasteiger partial charge in [0.05, 0.1) is 0 Å². The van der Waals surface area contributed by atoms with Crippen LogP contribution in [0.15, 0.2) is 0 Å². The number of nitrogens with zero attached hydrogens (tertiary/aromatic N) is 1. The van der Waals surface area contributed by atoms with Gasteiger partial charge in [-0.25, -0.2) is 0 Å². The molecule has 2 aliphatic rings. The van der Waals surface area contributed by atoms with E-state index in [0.717, 1.165) is 24.4 Å². The van der Waals surface area contributed by atoms with Crippen molar-refractivity contribution in [1.29, 1.82) is 0 Å². The lowest BCUT2D eigenvalue weighted by atomic mass is 9.69. The van der Waals surface area contributed by atoms with Gasteiger partial charge < -0.3 is 5.32 Å². The SMILES string of the molecule is CCNCC1(CN2CCCC(C)C2C)CCCC(C)C1. The Kier molecular flexibility index (Phi) is 5.92. The van der Waals surface area contributed by atoms with E-state index < -0.39 is 0 Å². The van der Waals surface area contributed by atoms with Crippen molar-refractivity contribution in [3.05, 3.63) is 0 Å². The predicted molar refractivity (Wildman–Crippen MR) is 88.0 cm³/mol. The first-order chi connectivity index (χ1) is 9.56. The molecule has 118 valence electrons. The fourth-order valence-corrected chi connectivity index (χ4v) is 4.59. The maximum Gasteiger partial charge on any atom is 0.00928 e. The van der Waals surface area contributed by atoms with Gasteiger partial charge in [-0.1, -0.05) is 33.6 Å². The van der Waals surface area contributed by atoms with Crippen LogP contribution in [0, 0.1) is 17.3 Å². The molecule has 2 heteroatoms. The zero-order chi connectivity index (χ0) is 14.6. The molecule has 0 aromatic rings. The van der Waals surface area contributed by atoms with Crippen molar-refractivity contribution in [2.24, 2.45) is 17.3 Å². The summed E-state index contributed by atoms with van der Waals surface area (Å²) in [6, 6.07) is 0.777. The zero-order valence-corrected chi connectivity index (χ0v) is 14.3. The fraction of sp³-hybridized carbons (Fsp3) is 1.00. The Morgan fingerprint density at radius 1 is 1.15 bits per heavy atom. The Morgan fingerprint density at radius 3 is 2.65 bits per heavy atom. The van der Waals surface area contributed by atoms with Crippen LogP contribution >= 0.6 is 0 Å². The minimum Gasteiger partial charge on any atom is -0.316 e. The largest absolute Gasteiger partial charge is 0.316 e. The third-order valence-electron chi connectivity index (χ3n) is 5.98. The van der Waals surface area contributed by atoms with Gasteiger partial charge in [0, 0.05) is 19.1 Å². The number of hydrogen-bond acceptors (Lipinski definition) is 2. The highest BCUT2D eigenvalue weighted by Crippen LogP contribution is 2.41. The van der Waals surface area contributed by atoms with E-state index in [4.69, 9.17) is 0 Å². The number of piperidine rings is 1. The van der Waals surface area contributed by atoms with E-state index in [1.54, 1.807) is 0 Å². The van der Waals surface area contributed by atoms with Gasteiger partial charge in [-0.2, -0.15) is 0 Å². The Bertz CT molecular complexity index is 291. The van der Waals surface area contributed by atoms with E-state index in [9.17, 15) is 0 Å². The first-order valence-corrected chi connectivity index (χ1v) is 9.01. The van der Waals surface area contributed by atoms with Gasteiger partial charge in [-0.15, -0.1) is 0 Å². The lowest BCUT2D eigenvalue weighted by Gasteiger charge is -2.47. The molecule has 1 N–H and O–H groups in total. The molecule has 2 rings (SSSR count). The predicted octanol–water partition coefficient (Wildman–Crippen LogP) is 3.91. The van der Waals surface area contributed by atoms with Crippen LogP contribution in [0.3, 0.4) is 0 Å². The lowest BCUT2D eigenvalue weighted by molar-refractivity contribution is 0.0289. The minimum atomic E-state index is 0.541. The number of rotatable bonds is 5. The highest BCUT2D eigenvalue weighted by molar-refractivity contribution is 4.92. The van der Waals surface area contributed by atoms with Crippen molar-refractivity contribution < 1.29 is 0 Å². The number of hydrogen-bond donors (Lipinski definition) is 1. The summed E-state index contributed by atoms with van der Waals surface area (Å²) in [5.41, 5.74) is 0.541. The van der Waals surface area contributed by atoms with Crippen molar-refractivity contribution in [2.75, 3.05) is 26.2 Å². The molecule has 1 aliphatic heterocycles. The number of nitrogens with one attached hydrogen (secondary N) is 1. The van der Waals surface area contributed by atoms with Crippen LogP contribution in [0.4, 0.5) is 0 Å². The summed E-state index contributed by atoms with van der Waals surface area (Å²) in [5.74, 6) is 1.79. The highest BCUT2D eigenvalue weighted by Gasteiger charge is 2.38. The molecule has 1 saturated heterocycles. The maximum absolute atomic E-state index is 3.67. The van der Waals surface area contributed by atoms with Crippen LogP contribution in [0.25, 0.3) is 0 Å². The van der Waals surface area contributed by atoms with Gasteiger partial charge in [0.25, 0.3) is 0 Å². The molecule has 4 atom stereocenters. The Hall–Kier alpha value is -0.0800. The monoisotopic (exact) mass is 280 g/mol. The molecular formula is C18H36N2. The van der Waals surface area contributed by atoms with E-state index in [1.165, 1.54) is 58.2 Å². The molecule has 0 bridgehead atoms. The van der Waals surface area contributed by atoms with Crippen molar-refractivity contribution in [2.45, 2.75) is 72.3 Å². The third kappa shape index (κ3) is 3.98. The average molecular weight is 280 g/mol. The smallest absolute Gasteiger partial charge is 0.00928 e. The van der Waals surface area contributed by atoms with Crippen molar-refractivity contribution in [3.63, 3.8) is 0 Å². The Morgan fingerprint density at radius 2 is 1.95 bits per heavy atom.